The van der Waals surface area contributed by atoms with Crippen LogP contribution < -0.4 is 10.5 Å². The lowest BCUT2D eigenvalue weighted by atomic mass is 9.77. The lowest BCUT2D eigenvalue weighted by Crippen LogP contribution is -2.31. The van der Waals surface area contributed by atoms with Crippen molar-refractivity contribution in [1.29, 1.82) is 0 Å². The number of esters is 1. The second-order valence-electron chi connectivity index (χ2n) is 7.82. The van der Waals surface area contributed by atoms with Gasteiger partial charge in [-0.25, -0.2) is 4.79 Å². The molecule has 2 aliphatic rings. The number of ketones is 1. The minimum absolute atomic E-state index is 0.0118. The van der Waals surface area contributed by atoms with Crippen molar-refractivity contribution >= 4 is 29.0 Å². The van der Waals surface area contributed by atoms with Crippen molar-refractivity contribution in [3.63, 3.8) is 0 Å². The highest BCUT2D eigenvalue weighted by Gasteiger charge is 2.41. The van der Waals surface area contributed by atoms with E-state index in [0.717, 1.165) is 5.56 Å². The second-order valence-corrected chi connectivity index (χ2v) is 8.23. The number of allylic oxidation sites excluding steroid dienone is 2. The van der Waals surface area contributed by atoms with Gasteiger partial charge in [0.25, 0.3) is 5.69 Å². The number of Topliss-reactive ketones (excluding diaryl/α,β-unsaturated/α-hetero) is 1. The van der Waals surface area contributed by atoms with Gasteiger partial charge in [-0.05, 0) is 41.8 Å². The molecule has 1 aliphatic carbocycles. The quantitative estimate of drug-likeness (QED) is 0.365. The topological polar surface area (TPSA) is 131 Å². The fourth-order valence-corrected chi connectivity index (χ4v) is 4.33. The summed E-state index contributed by atoms with van der Waals surface area (Å²) < 4.78 is 16.3. The maximum Gasteiger partial charge on any atom is 0.340 e. The molecule has 4 rings (SSSR count). The highest BCUT2D eigenvalue weighted by atomic mass is 35.5. The number of hydrogen-bond donors (Lipinski definition) is 1. The predicted octanol–water partition coefficient (Wildman–Crippen LogP) is 4.29. The van der Waals surface area contributed by atoms with Crippen LogP contribution in [-0.4, -0.2) is 23.8 Å². The van der Waals surface area contributed by atoms with Gasteiger partial charge < -0.3 is 19.9 Å². The average molecular weight is 485 g/mol. The SMILES string of the molecule is COC(=O)C1=C(N)OC2=C(C(=O)CCC2)[C@H]1c1ccc(OCc2ccc([N+](=O)[O-])cc2)c(Cl)c1. The smallest absolute Gasteiger partial charge is 0.340 e. The van der Waals surface area contributed by atoms with Crippen LogP contribution in [0.25, 0.3) is 0 Å². The van der Waals surface area contributed by atoms with E-state index in [4.69, 9.17) is 31.5 Å². The summed E-state index contributed by atoms with van der Waals surface area (Å²) in [5, 5.41) is 11.1. The Labute approximate surface area is 199 Å². The van der Waals surface area contributed by atoms with Crippen LogP contribution in [0.3, 0.4) is 0 Å². The molecule has 1 heterocycles. The summed E-state index contributed by atoms with van der Waals surface area (Å²) in [7, 11) is 1.23. The molecule has 1 atom stereocenters. The highest BCUT2D eigenvalue weighted by Crippen LogP contribution is 2.45. The number of nitrogens with two attached hydrogens (primary N) is 1. The zero-order valence-electron chi connectivity index (χ0n) is 18.2. The third-order valence-electron chi connectivity index (χ3n) is 5.72. The summed E-state index contributed by atoms with van der Waals surface area (Å²) >= 11 is 6.48. The number of benzene rings is 2. The Bertz CT molecular complexity index is 1230. The molecule has 0 bridgehead atoms. The van der Waals surface area contributed by atoms with Gasteiger partial charge in [0.15, 0.2) is 5.78 Å². The van der Waals surface area contributed by atoms with E-state index in [2.05, 4.69) is 0 Å². The number of carbonyl (C=O) groups is 2. The zero-order chi connectivity index (χ0) is 24.4. The van der Waals surface area contributed by atoms with Crippen LogP contribution in [0.5, 0.6) is 5.75 Å². The van der Waals surface area contributed by atoms with E-state index in [1.165, 1.54) is 19.2 Å². The molecule has 2 aromatic carbocycles. The Balaban J connectivity index is 1.63. The van der Waals surface area contributed by atoms with Crippen LogP contribution >= 0.6 is 11.6 Å². The number of non-ortho nitro benzene ring substituents is 1. The standard InChI is InChI=1S/C24H21ClN2O7/c1-32-24(29)22-20(21-17(28)3-2-4-19(21)34-23(22)26)14-7-10-18(16(25)11-14)33-12-13-5-8-15(9-6-13)27(30)31/h5-11,20H,2-4,12,26H2,1H3/t20-/m1/s1. The molecule has 10 heteroatoms. The van der Waals surface area contributed by atoms with Gasteiger partial charge in [0.2, 0.25) is 5.88 Å². The Morgan fingerprint density at radius 1 is 1.24 bits per heavy atom. The van der Waals surface area contributed by atoms with Crippen LogP contribution in [0.15, 0.2) is 65.3 Å². The molecule has 34 heavy (non-hydrogen) atoms. The van der Waals surface area contributed by atoms with Gasteiger partial charge in [-0.15, -0.1) is 0 Å². The van der Waals surface area contributed by atoms with Crippen molar-refractivity contribution in [2.24, 2.45) is 5.73 Å². The van der Waals surface area contributed by atoms with Crippen LogP contribution in [0.1, 0.15) is 36.3 Å². The molecule has 9 nitrogen and oxygen atoms in total. The van der Waals surface area contributed by atoms with Crippen LogP contribution in [0, 0.1) is 10.1 Å². The third kappa shape index (κ3) is 4.47. The molecular formula is C24H21ClN2O7. The van der Waals surface area contributed by atoms with E-state index in [1.54, 1.807) is 30.3 Å². The van der Waals surface area contributed by atoms with Crippen molar-refractivity contribution in [2.45, 2.75) is 31.8 Å². The Kier molecular flexibility index (Phi) is 6.56. The fraction of sp³-hybridized carbons (Fsp3) is 0.250. The monoisotopic (exact) mass is 484 g/mol. The summed E-state index contributed by atoms with van der Waals surface area (Å²) in [6, 6.07) is 10.9. The second kappa shape index (κ2) is 9.56. The van der Waals surface area contributed by atoms with Crippen molar-refractivity contribution in [1.82, 2.24) is 0 Å². The van der Waals surface area contributed by atoms with Gasteiger partial charge in [-0.2, -0.15) is 0 Å². The van der Waals surface area contributed by atoms with E-state index < -0.39 is 16.8 Å². The Morgan fingerprint density at radius 2 is 1.97 bits per heavy atom. The molecule has 0 spiro atoms. The van der Waals surface area contributed by atoms with Gasteiger partial charge >= 0.3 is 5.97 Å². The molecule has 0 amide bonds. The predicted molar refractivity (Wildman–Crippen MR) is 122 cm³/mol. The van der Waals surface area contributed by atoms with Crippen molar-refractivity contribution in [3.05, 3.63) is 91.5 Å². The van der Waals surface area contributed by atoms with Gasteiger partial charge in [0, 0.05) is 30.5 Å². The average Bonchev–Trinajstić information content (AvgIpc) is 2.82. The molecule has 1 aliphatic heterocycles. The van der Waals surface area contributed by atoms with E-state index in [0.29, 0.717) is 41.9 Å². The number of nitro groups is 1. The minimum Gasteiger partial charge on any atom is -0.487 e. The van der Waals surface area contributed by atoms with Gasteiger partial charge in [-0.3, -0.25) is 14.9 Å². The zero-order valence-corrected chi connectivity index (χ0v) is 19.0. The molecule has 0 radical (unpaired) electrons. The van der Waals surface area contributed by atoms with Crippen molar-refractivity contribution in [3.8, 4) is 5.75 Å². The lowest BCUT2D eigenvalue weighted by molar-refractivity contribution is -0.384. The van der Waals surface area contributed by atoms with Crippen LogP contribution in [0.4, 0.5) is 5.69 Å². The van der Waals surface area contributed by atoms with Crippen molar-refractivity contribution < 1.29 is 28.7 Å². The van der Waals surface area contributed by atoms with Crippen molar-refractivity contribution in [2.75, 3.05) is 7.11 Å². The molecule has 2 N–H and O–H groups in total. The lowest BCUT2D eigenvalue weighted by Gasteiger charge is -2.32. The van der Waals surface area contributed by atoms with Crippen LogP contribution in [0.2, 0.25) is 5.02 Å². The van der Waals surface area contributed by atoms with E-state index in [1.807, 2.05) is 0 Å². The third-order valence-corrected chi connectivity index (χ3v) is 6.02. The summed E-state index contributed by atoms with van der Waals surface area (Å²) in [4.78, 5) is 35.7. The number of hydrogen-bond acceptors (Lipinski definition) is 8. The van der Waals surface area contributed by atoms with Gasteiger partial charge in [0.1, 0.15) is 23.7 Å². The van der Waals surface area contributed by atoms with Gasteiger partial charge in [0.05, 0.1) is 23.0 Å². The first kappa shape index (κ1) is 23.3. The van der Waals surface area contributed by atoms with E-state index in [-0.39, 0.29) is 34.6 Å². The number of rotatable bonds is 6. The first-order valence-electron chi connectivity index (χ1n) is 10.5. The molecule has 176 valence electrons. The number of halogens is 1. The maximum absolute atomic E-state index is 12.8. The van der Waals surface area contributed by atoms with E-state index in [9.17, 15) is 19.7 Å². The number of nitro benzene ring substituents is 1. The summed E-state index contributed by atoms with van der Waals surface area (Å²) in [6.45, 7) is 0.141. The molecule has 2 aromatic rings. The summed E-state index contributed by atoms with van der Waals surface area (Å²) in [6.07, 6.45) is 1.52. The Hall–Kier alpha value is -3.85. The summed E-state index contributed by atoms with van der Waals surface area (Å²) in [5.74, 6) is -0.848. The number of methoxy groups -OCH3 is 1. The van der Waals surface area contributed by atoms with E-state index >= 15 is 0 Å². The molecule has 0 aromatic heterocycles. The van der Waals surface area contributed by atoms with Crippen LogP contribution in [-0.2, 0) is 25.7 Å². The minimum atomic E-state index is -0.773. The maximum atomic E-state index is 12.8. The normalized spacial score (nSPS) is 17.7. The Morgan fingerprint density at radius 3 is 2.62 bits per heavy atom. The number of carbonyl (C=O) groups excluding carboxylic acids is 2. The first-order valence-corrected chi connectivity index (χ1v) is 10.9. The molecule has 0 unspecified atom stereocenters. The molecule has 0 saturated carbocycles. The fourth-order valence-electron chi connectivity index (χ4n) is 4.09. The summed E-state index contributed by atoms with van der Waals surface area (Å²) in [5.41, 5.74) is 7.77. The number of nitrogens with zero attached hydrogens (tertiary/aromatic N) is 1. The highest BCUT2D eigenvalue weighted by molar-refractivity contribution is 6.32. The van der Waals surface area contributed by atoms with Gasteiger partial charge in [-0.1, -0.05) is 17.7 Å². The molecule has 0 fully saturated rings. The molecular weight excluding hydrogens is 464 g/mol. The largest absolute Gasteiger partial charge is 0.487 e. The first-order chi connectivity index (χ1) is 16.3. The number of ether oxygens (including phenoxy) is 3. The molecule has 0 saturated heterocycles.